The molecule has 1 aliphatic rings. The highest BCUT2D eigenvalue weighted by atomic mass is 35.5. The summed E-state index contributed by atoms with van der Waals surface area (Å²) < 4.78 is 9.93. The van der Waals surface area contributed by atoms with Gasteiger partial charge in [-0.15, -0.1) is 12.4 Å². The molecule has 0 saturated carbocycles. The van der Waals surface area contributed by atoms with Crippen molar-refractivity contribution in [3.63, 3.8) is 0 Å². The predicted molar refractivity (Wildman–Crippen MR) is 62.1 cm³/mol. The summed E-state index contributed by atoms with van der Waals surface area (Å²) in [6.45, 7) is 0.466. The standard InChI is InChI=1S/C11H13NO3.ClH/c1-14-9-4-2-3-8(7-9)10-5-6-15-11(13)12-10;/h2-4,7,10H,5-6H2,1H3,(H,12,13);1H/t10-;/m0./s1. The minimum atomic E-state index is -0.353. The average molecular weight is 244 g/mol. The summed E-state index contributed by atoms with van der Waals surface area (Å²) in [5, 5.41) is 2.77. The van der Waals surface area contributed by atoms with E-state index in [0.717, 1.165) is 17.7 Å². The molecule has 0 spiro atoms. The third-order valence-electron chi connectivity index (χ3n) is 2.43. The number of cyclic esters (lactones) is 1. The molecule has 0 aromatic heterocycles. The first-order valence-electron chi connectivity index (χ1n) is 4.87. The van der Waals surface area contributed by atoms with Gasteiger partial charge >= 0.3 is 6.09 Å². The Morgan fingerprint density at radius 2 is 2.31 bits per heavy atom. The van der Waals surface area contributed by atoms with Gasteiger partial charge in [-0.2, -0.15) is 0 Å². The van der Waals surface area contributed by atoms with Crippen molar-refractivity contribution in [3.8, 4) is 5.75 Å². The second kappa shape index (κ2) is 5.61. The molecule has 1 fully saturated rings. The minimum Gasteiger partial charge on any atom is -0.497 e. The van der Waals surface area contributed by atoms with Gasteiger partial charge in [-0.25, -0.2) is 4.79 Å². The number of alkyl carbamates (subject to hydrolysis) is 1. The quantitative estimate of drug-likeness (QED) is 0.867. The van der Waals surface area contributed by atoms with Gasteiger partial charge in [0.2, 0.25) is 0 Å². The molecule has 16 heavy (non-hydrogen) atoms. The molecule has 1 amide bonds. The third kappa shape index (κ3) is 2.79. The Balaban J connectivity index is 0.00000128. The molecular weight excluding hydrogens is 230 g/mol. The van der Waals surface area contributed by atoms with E-state index in [-0.39, 0.29) is 24.5 Å². The number of benzene rings is 1. The molecule has 1 aliphatic heterocycles. The molecule has 88 valence electrons. The van der Waals surface area contributed by atoms with Gasteiger partial charge < -0.3 is 14.8 Å². The normalized spacial score (nSPS) is 19.1. The largest absolute Gasteiger partial charge is 0.497 e. The van der Waals surface area contributed by atoms with Crippen molar-refractivity contribution in [2.45, 2.75) is 12.5 Å². The molecule has 4 nitrogen and oxygen atoms in total. The smallest absolute Gasteiger partial charge is 0.407 e. The maximum Gasteiger partial charge on any atom is 0.407 e. The summed E-state index contributed by atoms with van der Waals surface area (Å²) in [7, 11) is 1.63. The van der Waals surface area contributed by atoms with E-state index in [9.17, 15) is 4.79 Å². The molecule has 1 aromatic rings. The Bertz CT molecular complexity index is 370. The molecule has 1 aromatic carbocycles. The molecule has 0 aliphatic carbocycles. The predicted octanol–water partition coefficient (Wildman–Crippen LogP) is 2.29. The number of ether oxygens (including phenoxy) is 2. The molecule has 2 rings (SSSR count). The maximum atomic E-state index is 11.0. The number of methoxy groups -OCH3 is 1. The number of carbonyl (C=O) groups is 1. The van der Waals surface area contributed by atoms with Crippen molar-refractivity contribution < 1.29 is 14.3 Å². The lowest BCUT2D eigenvalue weighted by atomic mass is 10.0. The molecule has 0 bridgehead atoms. The van der Waals surface area contributed by atoms with Crippen LogP contribution in [0.4, 0.5) is 4.79 Å². The summed E-state index contributed by atoms with van der Waals surface area (Å²) in [5.74, 6) is 0.799. The van der Waals surface area contributed by atoms with Crippen LogP contribution in [0.1, 0.15) is 18.0 Å². The first-order valence-corrected chi connectivity index (χ1v) is 4.87. The summed E-state index contributed by atoms with van der Waals surface area (Å²) in [6, 6.07) is 7.72. The van der Waals surface area contributed by atoms with Crippen LogP contribution in [0.2, 0.25) is 0 Å². The Morgan fingerprint density at radius 3 is 3.00 bits per heavy atom. The topological polar surface area (TPSA) is 47.6 Å². The number of hydrogen-bond donors (Lipinski definition) is 1. The number of carbonyl (C=O) groups excluding carboxylic acids is 1. The van der Waals surface area contributed by atoms with Gasteiger partial charge in [0, 0.05) is 6.42 Å². The van der Waals surface area contributed by atoms with Crippen LogP contribution in [0.5, 0.6) is 5.75 Å². The van der Waals surface area contributed by atoms with Gasteiger partial charge in [-0.3, -0.25) is 0 Å². The highest BCUT2D eigenvalue weighted by Crippen LogP contribution is 2.23. The summed E-state index contributed by atoms with van der Waals surface area (Å²) in [5.41, 5.74) is 1.05. The van der Waals surface area contributed by atoms with Crippen LogP contribution in [0.15, 0.2) is 24.3 Å². The Morgan fingerprint density at radius 1 is 1.50 bits per heavy atom. The van der Waals surface area contributed by atoms with Crippen LogP contribution < -0.4 is 10.1 Å². The van der Waals surface area contributed by atoms with E-state index < -0.39 is 0 Å². The van der Waals surface area contributed by atoms with Crippen LogP contribution in [0.3, 0.4) is 0 Å². The van der Waals surface area contributed by atoms with E-state index in [4.69, 9.17) is 9.47 Å². The Hall–Kier alpha value is -1.42. The van der Waals surface area contributed by atoms with Crippen LogP contribution in [0, 0.1) is 0 Å². The number of halogens is 1. The van der Waals surface area contributed by atoms with Crippen LogP contribution >= 0.6 is 12.4 Å². The molecule has 1 N–H and O–H groups in total. The van der Waals surface area contributed by atoms with Crippen LogP contribution in [0.25, 0.3) is 0 Å². The van der Waals surface area contributed by atoms with Crippen LogP contribution in [-0.2, 0) is 4.74 Å². The third-order valence-corrected chi connectivity index (χ3v) is 2.43. The zero-order valence-electron chi connectivity index (χ0n) is 8.93. The number of nitrogens with one attached hydrogen (secondary N) is 1. The fourth-order valence-electron chi connectivity index (χ4n) is 1.63. The van der Waals surface area contributed by atoms with Crippen molar-refractivity contribution in [2.24, 2.45) is 0 Å². The van der Waals surface area contributed by atoms with Crippen molar-refractivity contribution in [1.29, 1.82) is 0 Å². The van der Waals surface area contributed by atoms with Gasteiger partial charge in [0.1, 0.15) is 5.75 Å². The number of amides is 1. The molecular formula is C11H14ClNO3. The molecule has 1 saturated heterocycles. The molecule has 0 unspecified atom stereocenters. The number of hydrogen-bond acceptors (Lipinski definition) is 3. The van der Waals surface area contributed by atoms with Gasteiger partial charge in [0.25, 0.3) is 0 Å². The van der Waals surface area contributed by atoms with Crippen molar-refractivity contribution in [3.05, 3.63) is 29.8 Å². The van der Waals surface area contributed by atoms with E-state index >= 15 is 0 Å². The average Bonchev–Trinajstić information content (AvgIpc) is 2.29. The first-order chi connectivity index (χ1) is 7.29. The van der Waals surface area contributed by atoms with Crippen LogP contribution in [-0.4, -0.2) is 19.8 Å². The monoisotopic (exact) mass is 243 g/mol. The van der Waals surface area contributed by atoms with E-state index in [1.54, 1.807) is 7.11 Å². The lowest BCUT2D eigenvalue weighted by Crippen LogP contribution is -2.35. The number of rotatable bonds is 2. The van der Waals surface area contributed by atoms with E-state index in [2.05, 4.69) is 5.32 Å². The van der Waals surface area contributed by atoms with Crippen molar-refractivity contribution in [2.75, 3.05) is 13.7 Å². The zero-order chi connectivity index (χ0) is 10.7. The Kier molecular flexibility index (Phi) is 4.43. The first kappa shape index (κ1) is 12.6. The highest BCUT2D eigenvalue weighted by molar-refractivity contribution is 5.85. The maximum absolute atomic E-state index is 11.0. The SMILES string of the molecule is COc1cccc([C@@H]2CCOC(=O)N2)c1.Cl. The summed E-state index contributed by atoms with van der Waals surface area (Å²) >= 11 is 0. The zero-order valence-corrected chi connectivity index (χ0v) is 9.75. The van der Waals surface area contributed by atoms with Gasteiger partial charge in [0.15, 0.2) is 0 Å². The van der Waals surface area contributed by atoms with E-state index in [1.165, 1.54) is 0 Å². The van der Waals surface area contributed by atoms with Gasteiger partial charge in [-0.1, -0.05) is 12.1 Å². The Labute approximate surface area is 100 Å². The molecule has 0 radical (unpaired) electrons. The molecule has 1 atom stereocenters. The highest BCUT2D eigenvalue weighted by Gasteiger charge is 2.20. The van der Waals surface area contributed by atoms with Gasteiger partial charge in [-0.05, 0) is 17.7 Å². The molecule has 1 heterocycles. The second-order valence-electron chi connectivity index (χ2n) is 3.40. The fourth-order valence-corrected chi connectivity index (χ4v) is 1.63. The molecule has 5 heteroatoms. The summed E-state index contributed by atoms with van der Waals surface area (Å²) in [6.07, 6.45) is 0.438. The van der Waals surface area contributed by atoms with E-state index in [0.29, 0.717) is 6.61 Å². The van der Waals surface area contributed by atoms with E-state index in [1.807, 2.05) is 24.3 Å². The van der Waals surface area contributed by atoms with Crippen molar-refractivity contribution >= 4 is 18.5 Å². The second-order valence-corrected chi connectivity index (χ2v) is 3.40. The van der Waals surface area contributed by atoms with Crippen molar-refractivity contribution in [1.82, 2.24) is 5.32 Å². The minimum absolute atomic E-state index is 0. The lowest BCUT2D eigenvalue weighted by molar-refractivity contribution is 0.115. The lowest BCUT2D eigenvalue weighted by Gasteiger charge is -2.23. The summed E-state index contributed by atoms with van der Waals surface area (Å²) in [4.78, 5) is 11.0. The van der Waals surface area contributed by atoms with Gasteiger partial charge in [0.05, 0.1) is 19.8 Å². The fraction of sp³-hybridized carbons (Fsp3) is 0.364.